The quantitative estimate of drug-likeness (QED) is 0.602. The molecule has 5 nitrogen and oxygen atoms in total. The number of carbonyl (C=O) groups excluding carboxylic acids is 1. The van der Waals surface area contributed by atoms with Crippen LogP contribution in [0.4, 0.5) is 0 Å². The Labute approximate surface area is 197 Å². The van der Waals surface area contributed by atoms with Crippen molar-refractivity contribution in [2.24, 2.45) is 0 Å². The van der Waals surface area contributed by atoms with Crippen molar-refractivity contribution in [2.75, 3.05) is 13.1 Å². The highest BCUT2D eigenvalue weighted by Crippen LogP contribution is 2.28. The molecule has 1 aliphatic heterocycles. The number of nitrogens with zero attached hydrogens (tertiary/aromatic N) is 1. The van der Waals surface area contributed by atoms with E-state index in [1.54, 1.807) is 6.07 Å². The molecule has 1 fully saturated rings. The molecule has 174 valence electrons. The normalized spacial score (nSPS) is 16.9. The van der Waals surface area contributed by atoms with Crippen molar-refractivity contribution in [3.63, 3.8) is 0 Å². The van der Waals surface area contributed by atoms with E-state index in [0.29, 0.717) is 13.1 Å². The summed E-state index contributed by atoms with van der Waals surface area (Å²) in [4.78, 5) is 12.9. The SMILES string of the molecule is CC(NC(=O)c1ccc(Cl)c(S(=O)(=O)N2CCCCCC2)c1)c1ccc(C(C)(C)C)cc1. The molecule has 0 radical (unpaired) electrons. The van der Waals surface area contributed by atoms with E-state index < -0.39 is 10.0 Å². The minimum Gasteiger partial charge on any atom is -0.346 e. The van der Waals surface area contributed by atoms with Crippen molar-refractivity contribution in [3.05, 3.63) is 64.2 Å². The number of benzene rings is 2. The first-order valence-corrected chi connectivity index (χ1v) is 13.0. The smallest absolute Gasteiger partial charge is 0.251 e. The van der Waals surface area contributed by atoms with Crippen molar-refractivity contribution in [2.45, 2.75) is 69.7 Å². The number of rotatable bonds is 5. The summed E-state index contributed by atoms with van der Waals surface area (Å²) in [7, 11) is -3.75. The second-order valence-electron chi connectivity index (χ2n) is 9.53. The number of hydrogen-bond donors (Lipinski definition) is 1. The van der Waals surface area contributed by atoms with Crippen LogP contribution in [-0.4, -0.2) is 31.7 Å². The van der Waals surface area contributed by atoms with Crippen molar-refractivity contribution in [1.82, 2.24) is 9.62 Å². The lowest BCUT2D eigenvalue weighted by atomic mass is 9.86. The predicted molar refractivity (Wildman–Crippen MR) is 130 cm³/mol. The summed E-state index contributed by atoms with van der Waals surface area (Å²) < 4.78 is 27.9. The van der Waals surface area contributed by atoms with Gasteiger partial charge in [-0.05, 0) is 54.5 Å². The second kappa shape index (κ2) is 9.94. The van der Waals surface area contributed by atoms with E-state index in [2.05, 4.69) is 38.2 Å². The molecule has 0 spiro atoms. The van der Waals surface area contributed by atoms with Crippen molar-refractivity contribution >= 4 is 27.5 Å². The Bertz CT molecular complexity index is 1050. The van der Waals surface area contributed by atoms with E-state index in [1.807, 2.05) is 19.1 Å². The number of halogens is 1. The maximum atomic E-state index is 13.2. The summed E-state index contributed by atoms with van der Waals surface area (Å²) in [6.07, 6.45) is 3.72. The largest absolute Gasteiger partial charge is 0.346 e. The first-order valence-electron chi connectivity index (χ1n) is 11.2. The molecule has 0 aromatic heterocycles. The van der Waals surface area contributed by atoms with E-state index >= 15 is 0 Å². The lowest BCUT2D eigenvalue weighted by Crippen LogP contribution is -2.32. The molecule has 1 amide bonds. The van der Waals surface area contributed by atoms with Gasteiger partial charge in [0.1, 0.15) is 4.90 Å². The van der Waals surface area contributed by atoms with E-state index in [0.717, 1.165) is 31.2 Å². The lowest BCUT2D eigenvalue weighted by Gasteiger charge is -2.22. The van der Waals surface area contributed by atoms with E-state index in [4.69, 9.17) is 11.6 Å². The predicted octanol–water partition coefficient (Wildman–Crippen LogP) is 5.69. The molecule has 0 bridgehead atoms. The van der Waals surface area contributed by atoms with Crippen molar-refractivity contribution in [1.29, 1.82) is 0 Å². The van der Waals surface area contributed by atoms with Crippen LogP contribution in [0.3, 0.4) is 0 Å². The Hall–Kier alpha value is -1.89. The van der Waals surface area contributed by atoms with Gasteiger partial charge in [-0.2, -0.15) is 4.31 Å². The third kappa shape index (κ3) is 5.72. The van der Waals surface area contributed by atoms with Gasteiger partial charge in [0.05, 0.1) is 11.1 Å². The molecule has 3 rings (SSSR count). The topological polar surface area (TPSA) is 66.5 Å². The molecule has 2 aromatic carbocycles. The number of hydrogen-bond acceptors (Lipinski definition) is 3. The van der Waals surface area contributed by atoms with Gasteiger partial charge in [0.25, 0.3) is 5.91 Å². The first kappa shape index (κ1) is 24.7. The summed E-state index contributed by atoms with van der Waals surface area (Å²) in [5.41, 5.74) is 2.54. The van der Waals surface area contributed by atoms with Crippen LogP contribution in [0, 0.1) is 0 Å². The standard InChI is InChI=1S/C25H33ClN2O3S/c1-18(19-9-12-21(13-10-19)25(2,3)4)27-24(29)20-11-14-22(26)23(17-20)32(30,31)28-15-7-5-6-8-16-28/h9-14,17-18H,5-8,15-16H2,1-4H3,(H,27,29). The molecule has 1 N–H and O–H groups in total. The average molecular weight is 477 g/mol. The van der Waals surface area contributed by atoms with Crippen LogP contribution < -0.4 is 5.32 Å². The number of carbonyl (C=O) groups is 1. The Balaban J connectivity index is 1.79. The van der Waals surface area contributed by atoms with Gasteiger partial charge in [0.15, 0.2) is 0 Å². The molecular formula is C25H33ClN2O3S. The van der Waals surface area contributed by atoms with E-state index in [-0.39, 0.29) is 32.8 Å². The van der Waals surface area contributed by atoms with Crippen LogP contribution in [-0.2, 0) is 15.4 Å². The highest BCUT2D eigenvalue weighted by Gasteiger charge is 2.28. The highest BCUT2D eigenvalue weighted by molar-refractivity contribution is 7.89. The Morgan fingerprint density at radius 2 is 1.59 bits per heavy atom. The summed E-state index contributed by atoms with van der Waals surface area (Å²) in [5.74, 6) is -0.332. The molecule has 1 saturated heterocycles. The van der Waals surface area contributed by atoms with Gasteiger partial charge in [-0.25, -0.2) is 8.42 Å². The van der Waals surface area contributed by atoms with Crippen LogP contribution in [0.15, 0.2) is 47.4 Å². The zero-order valence-electron chi connectivity index (χ0n) is 19.3. The lowest BCUT2D eigenvalue weighted by molar-refractivity contribution is 0.0939. The molecule has 1 aliphatic rings. The van der Waals surface area contributed by atoms with Gasteiger partial charge < -0.3 is 5.32 Å². The number of sulfonamides is 1. The maximum Gasteiger partial charge on any atom is 0.251 e. The van der Waals surface area contributed by atoms with Gasteiger partial charge in [-0.1, -0.05) is 69.5 Å². The average Bonchev–Trinajstić information content (AvgIpc) is 3.03. The Morgan fingerprint density at radius 1 is 1.00 bits per heavy atom. The van der Waals surface area contributed by atoms with Crippen LogP contribution >= 0.6 is 11.6 Å². The molecule has 2 aromatic rings. The number of nitrogens with one attached hydrogen (secondary N) is 1. The highest BCUT2D eigenvalue weighted by atomic mass is 35.5. The fraction of sp³-hybridized carbons (Fsp3) is 0.480. The third-order valence-electron chi connectivity index (χ3n) is 6.00. The van der Waals surface area contributed by atoms with Crippen LogP contribution in [0.25, 0.3) is 0 Å². The Morgan fingerprint density at radius 3 is 2.16 bits per heavy atom. The van der Waals surface area contributed by atoms with E-state index in [9.17, 15) is 13.2 Å². The second-order valence-corrected chi connectivity index (χ2v) is 11.8. The van der Waals surface area contributed by atoms with Gasteiger partial charge >= 0.3 is 0 Å². The van der Waals surface area contributed by atoms with Crippen LogP contribution in [0.5, 0.6) is 0 Å². The fourth-order valence-corrected chi connectivity index (χ4v) is 5.92. The molecule has 32 heavy (non-hydrogen) atoms. The monoisotopic (exact) mass is 476 g/mol. The first-order chi connectivity index (χ1) is 15.0. The zero-order valence-corrected chi connectivity index (χ0v) is 20.9. The summed E-state index contributed by atoms with van der Waals surface area (Å²) in [6, 6.07) is 12.4. The van der Waals surface area contributed by atoms with Crippen molar-refractivity contribution < 1.29 is 13.2 Å². The van der Waals surface area contributed by atoms with Crippen molar-refractivity contribution in [3.8, 4) is 0 Å². The molecule has 0 saturated carbocycles. The molecule has 0 aliphatic carbocycles. The van der Waals surface area contributed by atoms with Gasteiger partial charge in [0.2, 0.25) is 10.0 Å². The Kier molecular flexibility index (Phi) is 7.69. The molecule has 1 heterocycles. The van der Waals surface area contributed by atoms with Gasteiger partial charge in [0, 0.05) is 18.7 Å². The molecule has 1 unspecified atom stereocenters. The molecule has 1 atom stereocenters. The van der Waals surface area contributed by atoms with E-state index in [1.165, 1.54) is 22.0 Å². The molecular weight excluding hydrogens is 444 g/mol. The zero-order chi connectivity index (χ0) is 23.5. The third-order valence-corrected chi connectivity index (χ3v) is 8.38. The maximum absolute atomic E-state index is 13.2. The minimum atomic E-state index is -3.75. The molecule has 7 heteroatoms. The number of amides is 1. The summed E-state index contributed by atoms with van der Waals surface area (Å²) in [6.45, 7) is 9.35. The summed E-state index contributed by atoms with van der Waals surface area (Å²) in [5, 5.41) is 3.10. The van der Waals surface area contributed by atoms with Crippen LogP contribution in [0.1, 0.15) is 80.9 Å². The summed E-state index contributed by atoms with van der Waals surface area (Å²) >= 11 is 6.26. The van der Waals surface area contributed by atoms with Gasteiger partial charge in [-0.15, -0.1) is 0 Å². The minimum absolute atomic E-state index is 0.00380. The fourth-order valence-electron chi connectivity index (χ4n) is 3.90. The van der Waals surface area contributed by atoms with Gasteiger partial charge in [-0.3, -0.25) is 4.79 Å². The van der Waals surface area contributed by atoms with Crippen LogP contribution in [0.2, 0.25) is 5.02 Å².